The van der Waals surface area contributed by atoms with Gasteiger partial charge < -0.3 is 28.8 Å². The summed E-state index contributed by atoms with van der Waals surface area (Å²) < 4.78 is 28.6. The van der Waals surface area contributed by atoms with Crippen molar-refractivity contribution in [2.24, 2.45) is 0 Å². The van der Waals surface area contributed by atoms with Crippen molar-refractivity contribution in [1.82, 2.24) is 0 Å². The average Bonchev–Trinajstić information content (AvgIpc) is 3.19. The second-order valence-electron chi connectivity index (χ2n) is 11.5. The Labute approximate surface area is 299 Å². The van der Waals surface area contributed by atoms with Crippen LogP contribution >= 0.6 is 0 Å². The summed E-state index contributed by atoms with van der Waals surface area (Å²) in [5.41, 5.74) is 2.37. The highest BCUT2D eigenvalue weighted by atomic mass is 16.5. The Bertz CT molecular complexity index is 2120. The van der Waals surface area contributed by atoms with Gasteiger partial charge in [-0.2, -0.15) is 0 Å². The Morgan fingerprint density at radius 1 is 0.538 bits per heavy atom. The van der Waals surface area contributed by atoms with E-state index in [-0.39, 0.29) is 37.7 Å². The Balaban J connectivity index is 1.35. The summed E-state index contributed by atoms with van der Waals surface area (Å²) in [6, 6.07) is 38.2. The van der Waals surface area contributed by atoms with E-state index in [4.69, 9.17) is 23.7 Å². The van der Waals surface area contributed by atoms with Gasteiger partial charge in [0.05, 0.1) is 5.56 Å². The third kappa shape index (κ3) is 8.80. The van der Waals surface area contributed by atoms with E-state index in [2.05, 4.69) is 0 Å². The quantitative estimate of drug-likeness (QED) is 0.0738. The number of ketones is 2. The van der Waals surface area contributed by atoms with Gasteiger partial charge in [-0.05, 0) is 34.4 Å². The van der Waals surface area contributed by atoms with Gasteiger partial charge in [-0.1, -0.05) is 121 Å². The summed E-state index contributed by atoms with van der Waals surface area (Å²) in [6.45, 7) is -0.274. The number of allylic oxidation sites excluding steroid dienone is 2. The van der Waals surface area contributed by atoms with Crippen LogP contribution in [0.1, 0.15) is 32.6 Å². The molecule has 52 heavy (non-hydrogen) atoms. The number of carbonyl (C=O) groups excluding carboxylic acids is 4. The number of aromatic hydroxyl groups is 1. The molecule has 0 aromatic heterocycles. The smallest absolute Gasteiger partial charge is 0.342 e. The Morgan fingerprint density at radius 3 is 1.52 bits per heavy atom. The number of hydrogen-bond donors (Lipinski definition) is 1. The van der Waals surface area contributed by atoms with Gasteiger partial charge in [0.15, 0.2) is 23.0 Å². The molecule has 1 aliphatic carbocycles. The van der Waals surface area contributed by atoms with Crippen LogP contribution < -0.4 is 9.47 Å². The van der Waals surface area contributed by atoms with Gasteiger partial charge in [0, 0.05) is 6.08 Å². The van der Waals surface area contributed by atoms with Gasteiger partial charge in [-0.15, -0.1) is 0 Å². The van der Waals surface area contributed by atoms with Crippen molar-refractivity contribution in [2.75, 3.05) is 0 Å². The SMILES string of the molecule is O=C(OCc1ccccc1)C1=C(Oc2c(O)cc(C(=O)OCc3ccccc3)cc2OCc2ccccc2)C(=O)C(=O)C(OCc2ccccc2)=C1. The molecule has 0 amide bonds. The lowest BCUT2D eigenvalue weighted by Gasteiger charge is -2.21. The van der Waals surface area contributed by atoms with E-state index in [0.717, 1.165) is 28.8 Å². The highest BCUT2D eigenvalue weighted by Gasteiger charge is 2.37. The number of phenolic OH excluding ortho intramolecular Hbond substituents is 1. The molecule has 0 heterocycles. The van der Waals surface area contributed by atoms with Crippen LogP contribution in [0.2, 0.25) is 0 Å². The summed E-state index contributed by atoms with van der Waals surface area (Å²) in [5.74, 6) is -6.42. The van der Waals surface area contributed by atoms with E-state index in [1.807, 2.05) is 36.4 Å². The number of esters is 2. The number of carbonyl (C=O) groups is 4. The molecule has 0 radical (unpaired) electrons. The van der Waals surface area contributed by atoms with Crippen LogP contribution in [0, 0.1) is 0 Å². The Morgan fingerprint density at radius 2 is 1.00 bits per heavy atom. The molecule has 6 rings (SSSR count). The molecular formula is C42H32O10. The number of phenols is 1. The summed E-state index contributed by atoms with van der Waals surface area (Å²) in [5, 5.41) is 11.2. The second-order valence-corrected chi connectivity index (χ2v) is 11.5. The third-order valence-corrected chi connectivity index (χ3v) is 7.75. The van der Waals surface area contributed by atoms with Gasteiger partial charge in [0.25, 0.3) is 11.6 Å². The first-order valence-electron chi connectivity index (χ1n) is 16.2. The van der Waals surface area contributed by atoms with Crippen LogP contribution in [0.4, 0.5) is 0 Å². The minimum Gasteiger partial charge on any atom is -0.504 e. The number of ether oxygens (including phenoxy) is 5. The maximum Gasteiger partial charge on any atom is 0.342 e. The molecule has 0 bridgehead atoms. The molecule has 5 aromatic carbocycles. The molecule has 0 atom stereocenters. The zero-order valence-corrected chi connectivity index (χ0v) is 27.7. The molecule has 0 fully saturated rings. The van der Waals surface area contributed by atoms with Gasteiger partial charge in [-0.25, -0.2) is 9.59 Å². The van der Waals surface area contributed by atoms with Gasteiger partial charge >= 0.3 is 11.9 Å². The molecule has 1 N–H and O–H groups in total. The fourth-order valence-corrected chi connectivity index (χ4v) is 5.05. The molecule has 5 aromatic rings. The molecular weight excluding hydrogens is 664 g/mol. The molecule has 0 spiro atoms. The van der Waals surface area contributed by atoms with E-state index >= 15 is 0 Å². The van der Waals surface area contributed by atoms with Crippen molar-refractivity contribution < 1.29 is 48.0 Å². The number of rotatable bonds is 14. The number of hydrogen-bond acceptors (Lipinski definition) is 10. The normalized spacial score (nSPS) is 12.5. The first-order chi connectivity index (χ1) is 25.4. The van der Waals surface area contributed by atoms with Crippen molar-refractivity contribution in [1.29, 1.82) is 0 Å². The Kier molecular flexibility index (Phi) is 11.2. The van der Waals surface area contributed by atoms with Crippen LogP contribution in [-0.4, -0.2) is 28.6 Å². The first kappa shape index (κ1) is 34.9. The zero-order chi connectivity index (χ0) is 36.3. The lowest BCUT2D eigenvalue weighted by atomic mass is 10.0. The summed E-state index contributed by atoms with van der Waals surface area (Å²) in [7, 11) is 0. The van der Waals surface area contributed by atoms with Gasteiger partial charge in [-0.3, -0.25) is 9.59 Å². The van der Waals surface area contributed by atoms with Crippen LogP contribution in [0.3, 0.4) is 0 Å². The number of benzene rings is 5. The van der Waals surface area contributed by atoms with Crippen molar-refractivity contribution >= 4 is 23.5 Å². The molecule has 0 saturated heterocycles. The fraction of sp³-hybridized carbons (Fsp3) is 0.0952. The largest absolute Gasteiger partial charge is 0.504 e. The summed E-state index contributed by atoms with van der Waals surface area (Å²) >= 11 is 0. The first-order valence-corrected chi connectivity index (χ1v) is 16.2. The van der Waals surface area contributed by atoms with E-state index < -0.39 is 52.1 Å². The Hall–Kier alpha value is -6.94. The topological polar surface area (TPSA) is 135 Å². The number of Topliss-reactive ketones (excluding diaryl/α,β-unsaturated/α-hetero) is 2. The van der Waals surface area contributed by atoms with E-state index in [1.54, 1.807) is 84.9 Å². The lowest BCUT2D eigenvalue weighted by molar-refractivity contribution is -0.141. The third-order valence-electron chi connectivity index (χ3n) is 7.75. The summed E-state index contributed by atoms with van der Waals surface area (Å²) in [6.07, 6.45) is 1.08. The molecule has 10 nitrogen and oxygen atoms in total. The minimum absolute atomic E-state index is 0.0299. The predicted octanol–water partition coefficient (Wildman–Crippen LogP) is 6.96. The highest BCUT2D eigenvalue weighted by Crippen LogP contribution is 2.41. The standard InChI is InChI=1S/C42H32O10/c43-34-21-32(41(46)50-26-30-17-9-3-10-18-30)22-36(49-25-29-15-7-2-8-16-29)40(34)52-39-33(42(47)51-27-31-19-11-4-12-20-31)23-35(37(44)38(39)45)48-24-28-13-5-1-6-14-28/h1-23,43H,24-27H2. The van der Waals surface area contributed by atoms with E-state index in [0.29, 0.717) is 5.56 Å². The predicted molar refractivity (Wildman–Crippen MR) is 188 cm³/mol. The van der Waals surface area contributed by atoms with Crippen LogP contribution in [-0.2, 0) is 55.0 Å². The second kappa shape index (κ2) is 16.6. The molecule has 0 aliphatic heterocycles. The van der Waals surface area contributed by atoms with E-state index in [1.165, 1.54) is 6.07 Å². The average molecular weight is 697 g/mol. The maximum atomic E-state index is 13.7. The van der Waals surface area contributed by atoms with Crippen LogP contribution in [0.15, 0.2) is 157 Å². The zero-order valence-electron chi connectivity index (χ0n) is 27.7. The van der Waals surface area contributed by atoms with Crippen molar-refractivity contribution in [3.63, 3.8) is 0 Å². The van der Waals surface area contributed by atoms with Gasteiger partial charge in [0.1, 0.15) is 32.0 Å². The lowest BCUT2D eigenvalue weighted by Crippen LogP contribution is -2.30. The molecule has 260 valence electrons. The van der Waals surface area contributed by atoms with Crippen LogP contribution in [0.5, 0.6) is 17.2 Å². The van der Waals surface area contributed by atoms with E-state index in [9.17, 15) is 24.3 Å². The van der Waals surface area contributed by atoms with Gasteiger partial charge in [0.2, 0.25) is 5.75 Å². The van der Waals surface area contributed by atoms with Crippen molar-refractivity contribution in [2.45, 2.75) is 26.4 Å². The fourth-order valence-electron chi connectivity index (χ4n) is 5.05. The monoisotopic (exact) mass is 696 g/mol. The maximum absolute atomic E-state index is 13.7. The van der Waals surface area contributed by atoms with Crippen LogP contribution in [0.25, 0.3) is 0 Å². The summed E-state index contributed by atoms with van der Waals surface area (Å²) in [4.78, 5) is 53.7. The molecule has 0 unspecified atom stereocenters. The molecule has 10 heteroatoms. The van der Waals surface area contributed by atoms with Crippen molar-refractivity contribution in [3.8, 4) is 17.2 Å². The highest BCUT2D eigenvalue weighted by molar-refractivity contribution is 6.50. The molecule has 1 aliphatic rings. The molecule has 0 saturated carbocycles. The minimum atomic E-state index is -1.23. The van der Waals surface area contributed by atoms with Crippen molar-refractivity contribution in [3.05, 3.63) is 184 Å².